The zero-order chi connectivity index (χ0) is 22.9. The number of alkyl halides is 3. The molecule has 11 heteroatoms. The van der Waals surface area contributed by atoms with Crippen LogP contribution in [-0.2, 0) is 10.2 Å². The van der Waals surface area contributed by atoms with Gasteiger partial charge < -0.3 is 19.7 Å². The number of likely N-dealkylation sites (tertiary alicyclic amines) is 1. The Labute approximate surface area is 182 Å². The van der Waals surface area contributed by atoms with Crippen LogP contribution in [0.3, 0.4) is 0 Å². The summed E-state index contributed by atoms with van der Waals surface area (Å²) in [5.41, 5.74) is -0.291. The predicted molar refractivity (Wildman–Crippen MR) is 108 cm³/mol. The summed E-state index contributed by atoms with van der Waals surface area (Å²) < 4.78 is 44.6. The third-order valence-electron chi connectivity index (χ3n) is 6.33. The molecule has 8 nitrogen and oxygen atoms in total. The summed E-state index contributed by atoms with van der Waals surface area (Å²) >= 11 is 0. The molecule has 1 amide bonds. The number of anilines is 1. The molecular weight excluding hydrogens is 427 g/mol. The molecule has 2 N–H and O–H groups in total. The van der Waals surface area contributed by atoms with E-state index in [0.717, 1.165) is 0 Å². The van der Waals surface area contributed by atoms with Gasteiger partial charge in [0.2, 0.25) is 11.8 Å². The van der Waals surface area contributed by atoms with Crippen LogP contribution in [0.1, 0.15) is 38.0 Å². The van der Waals surface area contributed by atoms with Gasteiger partial charge in [-0.25, -0.2) is 4.98 Å². The van der Waals surface area contributed by atoms with Crippen molar-refractivity contribution in [3.63, 3.8) is 0 Å². The Hall–Kier alpha value is -2.95. The Kier molecular flexibility index (Phi) is 5.93. The van der Waals surface area contributed by atoms with E-state index in [2.05, 4.69) is 27.1 Å². The summed E-state index contributed by atoms with van der Waals surface area (Å²) in [6.45, 7) is 3.66. The van der Waals surface area contributed by atoms with Gasteiger partial charge in [0.05, 0.1) is 11.6 Å². The highest BCUT2D eigenvalue weighted by Crippen LogP contribution is 2.40. The number of halogens is 3. The maximum Gasteiger partial charge on any atom is 0.391 e. The van der Waals surface area contributed by atoms with Crippen molar-refractivity contribution in [3.05, 3.63) is 36.9 Å². The zero-order valence-corrected chi connectivity index (χ0v) is 17.3. The molecule has 0 spiro atoms. The second-order valence-corrected chi connectivity index (χ2v) is 8.18. The molecule has 32 heavy (non-hydrogen) atoms. The van der Waals surface area contributed by atoms with Gasteiger partial charge in [-0.3, -0.25) is 4.79 Å². The van der Waals surface area contributed by atoms with Crippen LogP contribution >= 0.6 is 0 Å². The smallest absolute Gasteiger partial charge is 0.391 e. The van der Waals surface area contributed by atoms with Gasteiger partial charge in [-0.1, -0.05) is 6.08 Å². The van der Waals surface area contributed by atoms with Crippen LogP contribution < -0.4 is 5.32 Å². The second-order valence-electron chi connectivity index (χ2n) is 8.18. The minimum Gasteiger partial charge on any atom is -0.418 e. The Bertz CT molecular complexity index is 987. The maximum absolute atomic E-state index is 12.9. The van der Waals surface area contributed by atoms with Gasteiger partial charge in [0.1, 0.15) is 12.1 Å². The summed E-state index contributed by atoms with van der Waals surface area (Å²) in [4.78, 5) is 18.3. The van der Waals surface area contributed by atoms with E-state index in [4.69, 9.17) is 4.42 Å². The van der Waals surface area contributed by atoms with Gasteiger partial charge in [0.25, 0.3) is 5.89 Å². The molecule has 1 saturated heterocycles. The Morgan fingerprint density at radius 2 is 2.06 bits per heavy atom. The molecule has 0 unspecified atom stereocenters. The molecule has 2 aliphatic rings. The Morgan fingerprint density at radius 3 is 2.69 bits per heavy atom. The lowest BCUT2D eigenvalue weighted by molar-refractivity contribution is -0.182. The van der Waals surface area contributed by atoms with Crippen molar-refractivity contribution in [3.8, 4) is 11.6 Å². The minimum atomic E-state index is -4.16. The molecule has 2 aromatic rings. The fourth-order valence-corrected chi connectivity index (χ4v) is 4.39. The van der Waals surface area contributed by atoms with Crippen molar-refractivity contribution in [1.29, 1.82) is 0 Å². The van der Waals surface area contributed by atoms with Crippen LogP contribution in [0.15, 0.2) is 35.4 Å². The monoisotopic (exact) mass is 451 g/mol. The highest BCUT2D eigenvalue weighted by molar-refractivity contribution is 5.91. The SMILES string of the molecule is C=C[C@]1(c2nnc(-c3ncccc3NC3CCC(C(F)(F)F)CC3)o2)CCN(CO)C1=O. The first-order valence-electron chi connectivity index (χ1n) is 10.4. The predicted octanol–water partition coefficient (Wildman–Crippen LogP) is 3.27. The van der Waals surface area contributed by atoms with Gasteiger partial charge in [-0.15, -0.1) is 16.8 Å². The van der Waals surface area contributed by atoms with E-state index in [0.29, 0.717) is 37.2 Å². The number of carbonyl (C=O) groups is 1. The molecular formula is C21H24F3N5O3. The number of rotatable bonds is 6. The van der Waals surface area contributed by atoms with Crippen LogP contribution in [0.2, 0.25) is 0 Å². The van der Waals surface area contributed by atoms with E-state index in [1.165, 1.54) is 11.0 Å². The standard InChI is InChI=1S/C21H24F3N5O3/c1-2-20(9-11-29(12-30)19(20)31)18-28-27-17(32-18)16-15(4-3-10-25-16)26-14-7-5-13(6-8-14)21(22,23)24/h2-4,10,13-14,26,30H,1,5-9,11-12H2/t13?,14?,20-/m1/s1. The van der Waals surface area contributed by atoms with E-state index in [1.807, 2.05) is 0 Å². The van der Waals surface area contributed by atoms with Crippen molar-refractivity contribution < 1.29 is 27.5 Å². The fourth-order valence-electron chi connectivity index (χ4n) is 4.39. The van der Waals surface area contributed by atoms with Gasteiger partial charge >= 0.3 is 6.18 Å². The molecule has 172 valence electrons. The number of hydrogen-bond acceptors (Lipinski definition) is 7. The average molecular weight is 451 g/mol. The molecule has 3 heterocycles. The fraction of sp³-hybridized carbons (Fsp3) is 0.524. The van der Waals surface area contributed by atoms with Crippen molar-refractivity contribution in [1.82, 2.24) is 20.1 Å². The lowest BCUT2D eigenvalue weighted by Crippen LogP contribution is -2.37. The molecule has 2 fully saturated rings. The number of hydrogen-bond donors (Lipinski definition) is 2. The summed E-state index contributed by atoms with van der Waals surface area (Å²) in [5.74, 6) is -1.48. The summed E-state index contributed by atoms with van der Waals surface area (Å²) in [7, 11) is 0. The number of aromatic nitrogens is 3. The molecule has 0 aromatic carbocycles. The van der Waals surface area contributed by atoms with E-state index in [9.17, 15) is 23.1 Å². The lowest BCUT2D eigenvalue weighted by atomic mass is 9.85. The number of nitrogens with one attached hydrogen (secondary N) is 1. The Balaban J connectivity index is 1.54. The average Bonchev–Trinajstić information content (AvgIpc) is 3.39. The number of carbonyl (C=O) groups excluding carboxylic acids is 1. The first kappa shape index (κ1) is 22.3. The van der Waals surface area contributed by atoms with E-state index >= 15 is 0 Å². The summed E-state index contributed by atoms with van der Waals surface area (Å²) in [6.07, 6.45) is 0.0978. The molecule has 0 bridgehead atoms. The third kappa shape index (κ3) is 3.96. The molecule has 2 aromatic heterocycles. The van der Waals surface area contributed by atoms with E-state index in [1.54, 1.807) is 18.3 Å². The van der Waals surface area contributed by atoms with E-state index in [-0.39, 0.29) is 36.6 Å². The highest BCUT2D eigenvalue weighted by atomic mass is 19.4. The quantitative estimate of drug-likeness (QED) is 0.650. The van der Waals surface area contributed by atoms with Gasteiger partial charge in [0, 0.05) is 18.8 Å². The van der Waals surface area contributed by atoms with Crippen molar-refractivity contribution in [2.75, 3.05) is 18.6 Å². The zero-order valence-electron chi connectivity index (χ0n) is 17.3. The molecule has 4 rings (SSSR count). The molecule has 1 saturated carbocycles. The number of nitrogens with zero attached hydrogens (tertiary/aromatic N) is 4. The van der Waals surface area contributed by atoms with Crippen molar-refractivity contribution in [2.24, 2.45) is 5.92 Å². The molecule has 1 aliphatic heterocycles. The summed E-state index contributed by atoms with van der Waals surface area (Å²) in [6, 6.07) is 3.32. The minimum absolute atomic E-state index is 0.0609. The first-order chi connectivity index (χ1) is 15.3. The van der Waals surface area contributed by atoms with Crippen molar-refractivity contribution in [2.45, 2.75) is 49.7 Å². The third-order valence-corrected chi connectivity index (χ3v) is 6.33. The highest BCUT2D eigenvalue weighted by Gasteiger charge is 2.50. The first-order valence-corrected chi connectivity index (χ1v) is 10.4. The topological polar surface area (TPSA) is 104 Å². The number of aliphatic hydroxyl groups excluding tert-OH is 1. The lowest BCUT2D eigenvalue weighted by Gasteiger charge is -2.31. The largest absolute Gasteiger partial charge is 0.418 e. The van der Waals surface area contributed by atoms with Crippen LogP contribution in [-0.4, -0.2) is 56.6 Å². The van der Waals surface area contributed by atoms with Gasteiger partial charge in [-0.2, -0.15) is 13.2 Å². The molecule has 1 atom stereocenters. The Morgan fingerprint density at radius 1 is 1.31 bits per heavy atom. The van der Waals surface area contributed by atoms with Crippen molar-refractivity contribution >= 4 is 11.6 Å². The maximum atomic E-state index is 12.9. The van der Waals surface area contributed by atoms with Gasteiger partial charge in [-0.05, 0) is 44.2 Å². The molecule has 1 aliphatic carbocycles. The number of aliphatic hydroxyl groups is 1. The van der Waals surface area contributed by atoms with Crippen LogP contribution in [0.5, 0.6) is 0 Å². The second kappa shape index (κ2) is 8.53. The van der Waals surface area contributed by atoms with Crippen LogP contribution in [0.25, 0.3) is 11.6 Å². The van der Waals surface area contributed by atoms with Gasteiger partial charge in [0.15, 0.2) is 5.69 Å². The van der Waals surface area contributed by atoms with Crippen LogP contribution in [0, 0.1) is 5.92 Å². The summed E-state index contributed by atoms with van der Waals surface area (Å²) in [5, 5.41) is 20.7. The number of amides is 1. The normalized spacial score (nSPS) is 26.4. The van der Waals surface area contributed by atoms with E-state index < -0.39 is 24.2 Å². The molecule has 0 radical (unpaired) electrons. The van der Waals surface area contributed by atoms with Crippen LogP contribution in [0.4, 0.5) is 18.9 Å². The number of pyridine rings is 1.